The fourth-order valence-electron chi connectivity index (χ4n) is 2.83. The third-order valence-electron chi connectivity index (χ3n) is 4.21. The topological polar surface area (TPSA) is 131 Å². The monoisotopic (exact) mass is 410 g/mol. The van der Waals surface area contributed by atoms with Crippen LogP contribution in [0.15, 0.2) is 30.9 Å². The van der Waals surface area contributed by atoms with Crippen molar-refractivity contribution in [3.63, 3.8) is 0 Å². The highest BCUT2D eigenvalue weighted by atomic mass is 32.1. The summed E-state index contributed by atoms with van der Waals surface area (Å²) in [6.45, 7) is 4.93. The molecule has 4 rings (SSSR count). The van der Waals surface area contributed by atoms with Gasteiger partial charge in [0.25, 0.3) is 0 Å². The van der Waals surface area contributed by atoms with Crippen LogP contribution in [0.3, 0.4) is 0 Å². The maximum absolute atomic E-state index is 11.3. The first-order valence-electron chi connectivity index (χ1n) is 8.88. The Labute approximate surface area is 169 Å². The molecular formula is C18H18N8O2S. The highest BCUT2D eigenvalue weighted by Gasteiger charge is 2.17. The predicted octanol–water partition coefficient (Wildman–Crippen LogP) is 3.06. The number of pyridine rings is 1. The van der Waals surface area contributed by atoms with E-state index in [1.54, 1.807) is 25.6 Å². The van der Waals surface area contributed by atoms with Crippen molar-refractivity contribution in [2.75, 3.05) is 10.6 Å². The van der Waals surface area contributed by atoms with E-state index in [9.17, 15) is 9.90 Å². The molecule has 4 heterocycles. The van der Waals surface area contributed by atoms with Gasteiger partial charge in [-0.25, -0.2) is 14.8 Å². The van der Waals surface area contributed by atoms with Gasteiger partial charge in [0.1, 0.15) is 10.4 Å². The summed E-state index contributed by atoms with van der Waals surface area (Å²) in [6.07, 6.45) is 5.23. The Morgan fingerprint density at radius 2 is 2.17 bits per heavy atom. The Kier molecular flexibility index (Phi) is 5.04. The van der Waals surface area contributed by atoms with Crippen LogP contribution >= 0.6 is 11.3 Å². The van der Waals surface area contributed by atoms with Gasteiger partial charge in [-0.15, -0.1) is 0 Å². The average Bonchev–Trinajstić information content (AvgIpc) is 3.30. The van der Waals surface area contributed by atoms with Crippen LogP contribution in [0.2, 0.25) is 0 Å². The molecule has 29 heavy (non-hydrogen) atoms. The Morgan fingerprint density at radius 3 is 2.86 bits per heavy atom. The minimum atomic E-state index is -1.01. The van der Waals surface area contributed by atoms with Crippen LogP contribution < -0.4 is 10.6 Å². The molecule has 0 aliphatic heterocycles. The number of hydrogen-bond acceptors (Lipinski definition) is 9. The van der Waals surface area contributed by atoms with Crippen molar-refractivity contribution in [1.29, 1.82) is 0 Å². The van der Waals surface area contributed by atoms with Gasteiger partial charge in [-0.2, -0.15) is 9.97 Å². The van der Waals surface area contributed by atoms with Gasteiger partial charge in [-0.3, -0.25) is 10.3 Å². The number of aryl methyl sites for hydroxylation is 2. The van der Waals surface area contributed by atoms with Crippen molar-refractivity contribution in [1.82, 2.24) is 29.5 Å². The molecule has 4 aromatic heterocycles. The second-order valence-electron chi connectivity index (χ2n) is 6.18. The molecule has 3 N–H and O–H groups in total. The van der Waals surface area contributed by atoms with E-state index >= 15 is 0 Å². The number of imidazole rings is 1. The number of hydrogen-bond donors (Lipinski definition) is 3. The van der Waals surface area contributed by atoms with Gasteiger partial charge in [0.15, 0.2) is 16.6 Å². The minimum absolute atomic E-state index is 0.179. The number of nitrogens with zero attached hydrogens (tertiary/aromatic N) is 6. The number of rotatable bonds is 7. The maximum atomic E-state index is 11.3. The van der Waals surface area contributed by atoms with E-state index in [1.165, 1.54) is 0 Å². The summed E-state index contributed by atoms with van der Waals surface area (Å²) >= 11 is 1.04. The third-order valence-corrected chi connectivity index (χ3v) is 5.27. The molecule has 148 valence electrons. The Morgan fingerprint density at radius 1 is 1.31 bits per heavy atom. The molecule has 0 aliphatic carbocycles. The number of carboxylic acid groups (broad SMARTS) is 1. The number of carbonyl (C=O) groups is 1. The fourth-order valence-corrected chi connectivity index (χ4v) is 3.63. The lowest BCUT2D eigenvalue weighted by molar-refractivity contribution is 0.0701. The first-order valence-corrected chi connectivity index (χ1v) is 9.70. The molecular weight excluding hydrogens is 392 g/mol. The van der Waals surface area contributed by atoms with E-state index < -0.39 is 5.97 Å². The fraction of sp³-hybridized carbons (Fsp3) is 0.222. The second-order valence-corrected chi connectivity index (χ2v) is 7.18. The summed E-state index contributed by atoms with van der Waals surface area (Å²) in [7, 11) is 0. The molecule has 0 atom stereocenters. The quantitative estimate of drug-likeness (QED) is 0.420. The molecule has 0 saturated carbocycles. The summed E-state index contributed by atoms with van der Waals surface area (Å²) in [5, 5.41) is 16.0. The molecule has 11 heteroatoms. The van der Waals surface area contributed by atoms with E-state index in [0.717, 1.165) is 29.0 Å². The largest absolute Gasteiger partial charge is 0.477 e. The lowest BCUT2D eigenvalue weighted by Gasteiger charge is -2.10. The zero-order valence-electron chi connectivity index (χ0n) is 15.7. The van der Waals surface area contributed by atoms with Gasteiger partial charge in [-0.05, 0) is 25.5 Å². The van der Waals surface area contributed by atoms with E-state index in [4.69, 9.17) is 0 Å². The second kappa shape index (κ2) is 7.80. The molecule has 4 aromatic rings. The molecule has 0 unspecified atom stereocenters. The van der Waals surface area contributed by atoms with Crippen LogP contribution in [0.25, 0.3) is 11.2 Å². The number of carboxylic acids is 1. The molecule has 0 fully saturated rings. The smallest absolute Gasteiger partial charge is 0.347 e. The summed E-state index contributed by atoms with van der Waals surface area (Å²) in [4.78, 5) is 33.2. The zero-order valence-corrected chi connectivity index (χ0v) is 16.6. The van der Waals surface area contributed by atoms with Crippen molar-refractivity contribution in [3.8, 4) is 0 Å². The molecule has 0 bridgehead atoms. The third kappa shape index (κ3) is 3.85. The van der Waals surface area contributed by atoms with Crippen molar-refractivity contribution in [2.45, 2.75) is 26.9 Å². The van der Waals surface area contributed by atoms with Gasteiger partial charge in [0, 0.05) is 25.5 Å². The van der Waals surface area contributed by atoms with Gasteiger partial charge in [-0.1, -0.05) is 17.4 Å². The number of nitrogens with one attached hydrogen (secondary N) is 2. The zero-order chi connectivity index (χ0) is 20.4. The van der Waals surface area contributed by atoms with Crippen LogP contribution in [-0.4, -0.2) is 40.6 Å². The van der Waals surface area contributed by atoms with Gasteiger partial charge in [0.05, 0.1) is 12.0 Å². The molecule has 0 spiro atoms. The summed E-state index contributed by atoms with van der Waals surface area (Å²) in [5.41, 5.74) is 2.78. The van der Waals surface area contributed by atoms with Crippen molar-refractivity contribution >= 4 is 45.4 Å². The van der Waals surface area contributed by atoms with E-state index in [2.05, 4.69) is 35.6 Å². The summed E-state index contributed by atoms with van der Waals surface area (Å²) < 4.78 is 1.96. The maximum Gasteiger partial charge on any atom is 0.347 e. The molecule has 0 radical (unpaired) electrons. The van der Waals surface area contributed by atoms with Crippen molar-refractivity contribution in [2.24, 2.45) is 0 Å². The highest BCUT2D eigenvalue weighted by Crippen LogP contribution is 2.27. The van der Waals surface area contributed by atoms with Gasteiger partial charge >= 0.3 is 5.97 Å². The first kappa shape index (κ1) is 18.7. The van der Waals surface area contributed by atoms with Gasteiger partial charge in [0.2, 0.25) is 5.95 Å². The Hall–Kier alpha value is -3.60. The van der Waals surface area contributed by atoms with Gasteiger partial charge < -0.3 is 15.0 Å². The van der Waals surface area contributed by atoms with E-state index in [1.807, 2.05) is 23.6 Å². The number of thiazole rings is 1. The van der Waals surface area contributed by atoms with Crippen LogP contribution in [-0.2, 0) is 13.1 Å². The van der Waals surface area contributed by atoms with Crippen LogP contribution in [0, 0.1) is 6.92 Å². The van der Waals surface area contributed by atoms with Crippen molar-refractivity contribution in [3.05, 3.63) is 47.0 Å². The lowest BCUT2D eigenvalue weighted by Crippen LogP contribution is -2.07. The predicted molar refractivity (Wildman–Crippen MR) is 110 cm³/mol. The molecule has 0 amide bonds. The first-order chi connectivity index (χ1) is 14.0. The standard InChI is InChI=1S/C18H18N8O2S/c1-3-26-9-21-15-12(26)14(20-8-11-5-4-6-19-7-11)23-17(24-15)25-18-22-10(2)13(29-18)16(27)28/h4-7,9H,3,8H2,1-2H3,(H,27,28)(H2,20,22,23,24,25). The number of aromatic nitrogens is 6. The van der Waals surface area contributed by atoms with Crippen LogP contribution in [0.5, 0.6) is 0 Å². The number of anilines is 3. The molecule has 0 aromatic carbocycles. The Balaban J connectivity index is 1.68. The van der Waals surface area contributed by atoms with Crippen LogP contribution in [0.4, 0.5) is 16.9 Å². The normalized spacial score (nSPS) is 11.0. The molecule has 10 nitrogen and oxygen atoms in total. The van der Waals surface area contributed by atoms with Crippen LogP contribution in [0.1, 0.15) is 27.9 Å². The number of fused-ring (bicyclic) bond motifs is 1. The van der Waals surface area contributed by atoms with Crippen molar-refractivity contribution < 1.29 is 9.90 Å². The average molecular weight is 410 g/mol. The summed E-state index contributed by atoms with van der Waals surface area (Å²) in [5.74, 6) is -0.101. The highest BCUT2D eigenvalue weighted by molar-refractivity contribution is 7.17. The lowest BCUT2D eigenvalue weighted by atomic mass is 10.3. The molecule has 0 saturated heterocycles. The minimum Gasteiger partial charge on any atom is -0.477 e. The summed E-state index contributed by atoms with van der Waals surface area (Å²) in [6, 6.07) is 3.85. The van der Waals surface area contributed by atoms with E-state index in [0.29, 0.717) is 34.8 Å². The van der Waals surface area contributed by atoms with E-state index in [-0.39, 0.29) is 4.88 Å². The SMILES string of the molecule is CCn1cnc2nc(Nc3nc(C)c(C(=O)O)s3)nc(NCc3cccnc3)c21. The Bertz CT molecular complexity index is 1170. The molecule has 0 aliphatic rings. The number of aromatic carboxylic acids is 1.